The molecular formula is C26H22N6O4S2. The summed E-state index contributed by atoms with van der Waals surface area (Å²) in [5, 5.41) is 11.4. The van der Waals surface area contributed by atoms with Crippen molar-refractivity contribution in [2.45, 2.75) is 17.4 Å². The van der Waals surface area contributed by atoms with Gasteiger partial charge in [-0.1, -0.05) is 30.0 Å². The van der Waals surface area contributed by atoms with Gasteiger partial charge in [0.1, 0.15) is 11.5 Å². The summed E-state index contributed by atoms with van der Waals surface area (Å²) >= 11 is 1.11. The lowest BCUT2D eigenvalue weighted by Crippen LogP contribution is -2.25. The third kappa shape index (κ3) is 4.52. The minimum absolute atomic E-state index is 0.0324. The Bertz CT molecular complexity index is 1650. The lowest BCUT2D eigenvalue weighted by atomic mass is 10.0. The van der Waals surface area contributed by atoms with Crippen molar-refractivity contribution in [3.8, 4) is 5.69 Å². The van der Waals surface area contributed by atoms with E-state index in [2.05, 4.69) is 9.50 Å². The molecule has 1 unspecified atom stereocenters. The summed E-state index contributed by atoms with van der Waals surface area (Å²) in [4.78, 5) is 13.0. The highest BCUT2D eigenvalue weighted by Gasteiger charge is 2.33. The number of carbonyl (C=O) groups is 1. The molecule has 0 bridgehead atoms. The summed E-state index contributed by atoms with van der Waals surface area (Å²) in [7, 11) is -2.47. The van der Waals surface area contributed by atoms with Crippen LogP contribution in [0.25, 0.3) is 5.69 Å². The van der Waals surface area contributed by atoms with Crippen molar-refractivity contribution < 1.29 is 17.6 Å². The fourth-order valence-electron chi connectivity index (χ4n) is 4.27. The number of benzene rings is 2. The fraction of sp³-hybridized carbons (Fsp3) is 0.154. The summed E-state index contributed by atoms with van der Waals surface area (Å²) in [5.74, 6) is 0.674. The molecule has 4 heterocycles. The van der Waals surface area contributed by atoms with E-state index in [-0.39, 0.29) is 27.8 Å². The topological polar surface area (TPSA) is 113 Å². The summed E-state index contributed by atoms with van der Waals surface area (Å²) < 4.78 is 37.1. The third-order valence-electron chi connectivity index (χ3n) is 6.31. The highest BCUT2D eigenvalue weighted by Crippen LogP contribution is 2.37. The Morgan fingerprint density at radius 1 is 1.03 bits per heavy atom. The van der Waals surface area contributed by atoms with Crippen LogP contribution in [-0.4, -0.2) is 52.7 Å². The second kappa shape index (κ2) is 9.62. The molecule has 2 aromatic carbocycles. The zero-order valence-electron chi connectivity index (χ0n) is 20.2. The van der Waals surface area contributed by atoms with Crippen LogP contribution in [0.15, 0.2) is 104 Å². The first-order chi connectivity index (χ1) is 18.4. The van der Waals surface area contributed by atoms with Crippen molar-refractivity contribution in [1.29, 1.82) is 0 Å². The molecule has 2 aromatic heterocycles. The highest BCUT2D eigenvalue weighted by molar-refractivity contribution is 8.15. The lowest BCUT2D eigenvalue weighted by molar-refractivity contribution is -0.123. The smallest absolute Gasteiger partial charge is 0.284 e. The minimum Gasteiger partial charge on any atom is -0.463 e. The molecule has 1 saturated heterocycles. The SMILES string of the molecule is CN1C(=O)CS/C1=N/S(=O)(=O)c1ccc(N2N=C(c3ccco3)CC2c2cnn(-c3ccccc3)c2)cc1. The van der Waals surface area contributed by atoms with Gasteiger partial charge in [0, 0.05) is 25.2 Å². The molecule has 6 rings (SSSR count). The molecule has 1 fully saturated rings. The minimum atomic E-state index is -3.99. The molecule has 0 aliphatic carbocycles. The predicted molar refractivity (Wildman–Crippen MR) is 145 cm³/mol. The Hall–Kier alpha value is -4.16. The molecule has 38 heavy (non-hydrogen) atoms. The van der Waals surface area contributed by atoms with E-state index in [0.717, 1.165) is 28.7 Å². The number of thioether (sulfide) groups is 1. The molecule has 2 aliphatic heterocycles. The van der Waals surface area contributed by atoms with Crippen LogP contribution in [-0.2, 0) is 14.8 Å². The number of amides is 1. The number of carbonyl (C=O) groups excluding carboxylic acids is 1. The predicted octanol–water partition coefficient (Wildman–Crippen LogP) is 4.07. The molecule has 0 radical (unpaired) electrons. The zero-order valence-corrected chi connectivity index (χ0v) is 21.8. The van der Waals surface area contributed by atoms with Crippen LogP contribution in [0.4, 0.5) is 5.69 Å². The molecule has 0 spiro atoms. The van der Waals surface area contributed by atoms with Gasteiger partial charge in [-0.3, -0.25) is 14.7 Å². The standard InChI is InChI=1S/C26H22N6O4S2/c1-30-25(33)17-37-26(30)29-38(34,35)21-11-9-20(10-12-21)32-23(14-22(28-32)24-8-5-13-36-24)18-15-27-31(16-18)19-6-3-2-4-7-19/h2-13,15-16,23H,14,17H2,1H3/b29-26+. The van der Waals surface area contributed by atoms with Crippen LogP contribution in [0.5, 0.6) is 0 Å². The molecule has 4 aromatic rings. The maximum absolute atomic E-state index is 12.9. The number of hydrazone groups is 1. The van der Waals surface area contributed by atoms with E-state index in [1.54, 1.807) is 18.4 Å². The third-order valence-corrected chi connectivity index (χ3v) is 8.72. The Balaban J connectivity index is 1.32. The average molecular weight is 547 g/mol. The van der Waals surface area contributed by atoms with Crippen LogP contribution < -0.4 is 5.01 Å². The summed E-state index contributed by atoms with van der Waals surface area (Å²) in [5.41, 5.74) is 3.38. The Labute approximate surface area is 223 Å². The van der Waals surface area contributed by atoms with Crippen molar-refractivity contribution in [2.75, 3.05) is 17.8 Å². The molecule has 0 N–H and O–H groups in total. The number of aromatic nitrogens is 2. The average Bonchev–Trinajstić information content (AvgIpc) is 3.74. The van der Waals surface area contributed by atoms with Crippen molar-refractivity contribution in [3.63, 3.8) is 0 Å². The van der Waals surface area contributed by atoms with E-state index >= 15 is 0 Å². The molecule has 1 atom stereocenters. The Morgan fingerprint density at radius 3 is 2.50 bits per heavy atom. The van der Waals surface area contributed by atoms with Gasteiger partial charge >= 0.3 is 0 Å². The van der Waals surface area contributed by atoms with Crippen LogP contribution in [0.1, 0.15) is 23.8 Å². The first-order valence-electron chi connectivity index (χ1n) is 11.7. The largest absolute Gasteiger partial charge is 0.463 e. The molecule has 2 aliphatic rings. The highest BCUT2D eigenvalue weighted by atomic mass is 32.2. The number of hydrogen-bond donors (Lipinski definition) is 0. The summed E-state index contributed by atoms with van der Waals surface area (Å²) in [6.45, 7) is 0. The van der Waals surface area contributed by atoms with Gasteiger partial charge in [0.2, 0.25) is 5.91 Å². The number of furan rings is 1. The Morgan fingerprint density at radius 2 is 1.82 bits per heavy atom. The molecule has 192 valence electrons. The maximum atomic E-state index is 12.9. The van der Waals surface area contributed by atoms with Crippen molar-refractivity contribution in [1.82, 2.24) is 14.7 Å². The molecule has 10 nitrogen and oxygen atoms in total. The first-order valence-corrected chi connectivity index (χ1v) is 14.2. The van der Waals surface area contributed by atoms with Crippen LogP contribution in [0.3, 0.4) is 0 Å². The van der Waals surface area contributed by atoms with Crippen molar-refractivity contribution in [3.05, 3.63) is 96.7 Å². The molecule has 1 amide bonds. The molecule has 0 saturated carbocycles. The first kappa shape index (κ1) is 24.2. The quantitative estimate of drug-likeness (QED) is 0.358. The number of nitrogens with zero attached hydrogens (tertiary/aromatic N) is 6. The normalized spacial score (nSPS) is 19.0. The van der Waals surface area contributed by atoms with Crippen LogP contribution in [0.2, 0.25) is 0 Å². The van der Waals surface area contributed by atoms with Gasteiger partial charge in [0.25, 0.3) is 10.0 Å². The lowest BCUT2D eigenvalue weighted by Gasteiger charge is -2.22. The van der Waals surface area contributed by atoms with Crippen molar-refractivity contribution >= 4 is 44.3 Å². The van der Waals surface area contributed by atoms with E-state index in [0.29, 0.717) is 17.9 Å². The molecular weight excluding hydrogens is 524 g/mol. The number of para-hydroxylation sites is 1. The van der Waals surface area contributed by atoms with E-state index < -0.39 is 10.0 Å². The van der Waals surface area contributed by atoms with E-state index in [4.69, 9.17) is 9.52 Å². The number of rotatable bonds is 6. The second-order valence-electron chi connectivity index (χ2n) is 8.73. The fourth-order valence-corrected chi connectivity index (χ4v) is 6.43. The van der Waals surface area contributed by atoms with Gasteiger partial charge in [0.15, 0.2) is 5.17 Å². The monoisotopic (exact) mass is 546 g/mol. The number of amidine groups is 1. The van der Waals surface area contributed by atoms with E-state index in [1.165, 1.54) is 24.1 Å². The van der Waals surface area contributed by atoms with Crippen LogP contribution >= 0.6 is 11.8 Å². The maximum Gasteiger partial charge on any atom is 0.284 e. The second-order valence-corrected chi connectivity index (χ2v) is 11.3. The van der Waals surface area contributed by atoms with E-state index in [9.17, 15) is 13.2 Å². The number of hydrogen-bond acceptors (Lipinski definition) is 8. The Kier molecular flexibility index (Phi) is 6.12. The zero-order chi connectivity index (χ0) is 26.3. The van der Waals surface area contributed by atoms with Gasteiger partial charge in [-0.15, -0.1) is 4.40 Å². The number of sulfonamides is 1. The van der Waals surface area contributed by atoms with E-state index in [1.807, 2.05) is 64.5 Å². The van der Waals surface area contributed by atoms with Crippen molar-refractivity contribution in [2.24, 2.45) is 9.50 Å². The summed E-state index contributed by atoms with van der Waals surface area (Å²) in [6.07, 6.45) is 5.98. The van der Waals surface area contributed by atoms with Crippen LogP contribution in [0, 0.1) is 0 Å². The van der Waals surface area contributed by atoms with Gasteiger partial charge in [-0.05, 0) is 48.5 Å². The summed E-state index contributed by atoms with van der Waals surface area (Å²) in [6, 6.07) is 19.7. The van der Waals surface area contributed by atoms with Gasteiger partial charge in [-0.2, -0.15) is 18.6 Å². The van der Waals surface area contributed by atoms with Gasteiger partial charge < -0.3 is 4.42 Å². The van der Waals surface area contributed by atoms with Gasteiger partial charge in [0.05, 0.1) is 40.5 Å². The number of anilines is 1. The molecule has 12 heteroatoms. The van der Waals surface area contributed by atoms with Gasteiger partial charge in [-0.25, -0.2) is 4.68 Å².